The van der Waals surface area contributed by atoms with E-state index < -0.39 is 5.41 Å². The Morgan fingerprint density at radius 2 is 1.85 bits per heavy atom. The van der Waals surface area contributed by atoms with Crippen molar-refractivity contribution >= 4 is 35.1 Å². The summed E-state index contributed by atoms with van der Waals surface area (Å²) in [5.74, 6) is -0.725. The lowest BCUT2D eigenvalue weighted by Gasteiger charge is -2.17. The molecule has 2 aromatic rings. The van der Waals surface area contributed by atoms with Gasteiger partial charge < -0.3 is 10.1 Å². The van der Waals surface area contributed by atoms with E-state index in [4.69, 9.17) is 27.9 Å². The molecule has 1 N–H and O–H groups in total. The fourth-order valence-electron chi connectivity index (χ4n) is 2.98. The molecule has 1 amide bonds. The summed E-state index contributed by atoms with van der Waals surface area (Å²) in [5, 5.41) is 3.78. The van der Waals surface area contributed by atoms with E-state index in [0.717, 1.165) is 24.0 Å². The fourth-order valence-corrected chi connectivity index (χ4v) is 3.55. The van der Waals surface area contributed by atoms with Crippen molar-refractivity contribution in [1.82, 2.24) is 5.32 Å². The van der Waals surface area contributed by atoms with Gasteiger partial charge in [0.1, 0.15) is 0 Å². The molecular formula is C20H19Cl2NO3. The van der Waals surface area contributed by atoms with Crippen molar-refractivity contribution in [1.29, 1.82) is 0 Å². The van der Waals surface area contributed by atoms with E-state index in [-0.39, 0.29) is 24.5 Å². The van der Waals surface area contributed by atoms with E-state index in [1.54, 1.807) is 25.1 Å². The highest BCUT2D eigenvalue weighted by atomic mass is 35.5. The van der Waals surface area contributed by atoms with Crippen molar-refractivity contribution in [3.8, 4) is 0 Å². The quantitative estimate of drug-likeness (QED) is 0.740. The Kier molecular flexibility index (Phi) is 5.54. The second-order valence-corrected chi connectivity index (χ2v) is 7.32. The molecule has 3 rings (SSSR count). The molecule has 0 heterocycles. The van der Waals surface area contributed by atoms with Gasteiger partial charge in [0.05, 0.1) is 11.5 Å². The normalized spacial score (nSPS) is 15.8. The first-order chi connectivity index (χ1) is 12.4. The third-order valence-electron chi connectivity index (χ3n) is 4.61. The van der Waals surface area contributed by atoms with Crippen LogP contribution in [0.4, 0.5) is 0 Å². The molecular weight excluding hydrogens is 373 g/mol. The molecule has 0 bridgehead atoms. The number of hydrogen-bond donors (Lipinski definition) is 1. The van der Waals surface area contributed by atoms with Crippen molar-refractivity contribution < 1.29 is 14.3 Å². The summed E-state index contributed by atoms with van der Waals surface area (Å²) in [4.78, 5) is 24.6. The first kappa shape index (κ1) is 18.7. The molecule has 1 saturated carbocycles. The summed E-state index contributed by atoms with van der Waals surface area (Å²) >= 11 is 12.0. The second-order valence-electron chi connectivity index (χ2n) is 6.48. The molecule has 6 heteroatoms. The molecule has 4 nitrogen and oxygen atoms in total. The minimum absolute atomic E-state index is 0.317. The van der Waals surface area contributed by atoms with Crippen LogP contribution >= 0.6 is 23.2 Å². The van der Waals surface area contributed by atoms with Crippen LogP contribution in [0.1, 0.15) is 36.9 Å². The zero-order valence-corrected chi connectivity index (χ0v) is 15.8. The zero-order chi connectivity index (χ0) is 18.7. The van der Waals surface area contributed by atoms with Crippen molar-refractivity contribution in [2.75, 3.05) is 6.61 Å². The minimum atomic E-state index is -0.591. The van der Waals surface area contributed by atoms with Gasteiger partial charge in [-0.15, -0.1) is 0 Å². The Morgan fingerprint density at radius 3 is 2.46 bits per heavy atom. The average Bonchev–Trinajstić information content (AvgIpc) is 3.42. The summed E-state index contributed by atoms with van der Waals surface area (Å²) in [5.41, 5.74) is 1.09. The van der Waals surface area contributed by atoms with Crippen LogP contribution in [0.15, 0.2) is 48.5 Å². The van der Waals surface area contributed by atoms with Crippen LogP contribution in [0.2, 0.25) is 10.0 Å². The molecule has 1 aliphatic carbocycles. The smallest absolute Gasteiger partial charge is 0.317 e. The van der Waals surface area contributed by atoms with Gasteiger partial charge in [-0.1, -0.05) is 59.6 Å². The van der Waals surface area contributed by atoms with Gasteiger partial charge >= 0.3 is 5.97 Å². The first-order valence-corrected chi connectivity index (χ1v) is 9.15. The topological polar surface area (TPSA) is 55.4 Å². The number of hydrogen-bond acceptors (Lipinski definition) is 3. The maximum Gasteiger partial charge on any atom is 0.317 e. The van der Waals surface area contributed by atoms with Gasteiger partial charge in [0, 0.05) is 10.0 Å². The first-order valence-electron chi connectivity index (χ1n) is 8.39. The number of benzene rings is 2. The van der Waals surface area contributed by atoms with Gasteiger partial charge in [0.15, 0.2) is 6.61 Å². The van der Waals surface area contributed by atoms with Crippen molar-refractivity contribution in [3.05, 3.63) is 69.7 Å². The van der Waals surface area contributed by atoms with Gasteiger partial charge in [0.2, 0.25) is 0 Å². The van der Waals surface area contributed by atoms with Gasteiger partial charge in [-0.25, -0.2) is 0 Å². The van der Waals surface area contributed by atoms with E-state index >= 15 is 0 Å². The lowest BCUT2D eigenvalue weighted by atomic mass is 9.96. The van der Waals surface area contributed by atoms with Gasteiger partial charge in [-0.05, 0) is 43.0 Å². The lowest BCUT2D eigenvalue weighted by molar-refractivity contribution is -0.151. The van der Waals surface area contributed by atoms with Crippen LogP contribution in [0.25, 0.3) is 0 Å². The number of esters is 1. The molecule has 1 aliphatic rings. The summed E-state index contributed by atoms with van der Waals surface area (Å²) in [6, 6.07) is 14.3. The molecule has 0 unspecified atom stereocenters. The average molecular weight is 392 g/mol. The third-order valence-corrected chi connectivity index (χ3v) is 5.17. The molecule has 2 aromatic carbocycles. The molecule has 0 aromatic heterocycles. The number of halogens is 2. The molecule has 26 heavy (non-hydrogen) atoms. The van der Waals surface area contributed by atoms with Crippen molar-refractivity contribution in [2.45, 2.75) is 31.2 Å². The van der Waals surface area contributed by atoms with Crippen LogP contribution in [0.3, 0.4) is 0 Å². The lowest BCUT2D eigenvalue weighted by Crippen LogP contribution is -2.33. The van der Waals surface area contributed by atoms with Crippen molar-refractivity contribution in [2.24, 2.45) is 0 Å². The number of carbonyl (C=O) groups excluding carboxylic acids is 2. The van der Waals surface area contributed by atoms with Gasteiger partial charge in [0.25, 0.3) is 5.91 Å². The summed E-state index contributed by atoms with van der Waals surface area (Å²) in [7, 11) is 0. The highest BCUT2D eigenvalue weighted by molar-refractivity contribution is 6.35. The highest BCUT2D eigenvalue weighted by Crippen LogP contribution is 2.49. The Labute approximate surface area is 162 Å². The summed E-state index contributed by atoms with van der Waals surface area (Å²) in [6.07, 6.45) is 1.49. The third kappa shape index (κ3) is 4.02. The van der Waals surface area contributed by atoms with Crippen LogP contribution in [0.5, 0.6) is 0 Å². The molecule has 0 aliphatic heterocycles. The maximum atomic E-state index is 12.4. The molecule has 0 spiro atoms. The molecule has 0 radical (unpaired) electrons. The van der Waals surface area contributed by atoms with Gasteiger partial charge in [-0.2, -0.15) is 0 Å². The zero-order valence-electron chi connectivity index (χ0n) is 14.3. The predicted molar refractivity (Wildman–Crippen MR) is 101 cm³/mol. The highest BCUT2D eigenvalue weighted by Gasteiger charge is 2.52. The van der Waals surface area contributed by atoms with E-state index in [1.165, 1.54) is 0 Å². The summed E-state index contributed by atoms with van der Waals surface area (Å²) < 4.78 is 5.27. The van der Waals surface area contributed by atoms with Crippen LogP contribution in [-0.2, 0) is 19.7 Å². The Balaban J connectivity index is 1.55. The number of rotatable bonds is 6. The number of carbonyl (C=O) groups is 2. The number of ether oxygens (including phenoxy) is 1. The van der Waals surface area contributed by atoms with Crippen molar-refractivity contribution in [3.63, 3.8) is 0 Å². The van der Waals surface area contributed by atoms with E-state index in [0.29, 0.717) is 10.0 Å². The fraction of sp³-hybridized carbons (Fsp3) is 0.300. The SMILES string of the molecule is C[C@H](NC(=O)COC(=O)C1(c2ccccc2)CC1)c1ccc(Cl)cc1Cl. The largest absolute Gasteiger partial charge is 0.455 e. The Hall–Kier alpha value is -2.04. The monoisotopic (exact) mass is 391 g/mol. The van der Waals surface area contributed by atoms with E-state index in [1.807, 2.05) is 30.3 Å². The molecule has 0 saturated heterocycles. The van der Waals surface area contributed by atoms with Crippen LogP contribution in [0, 0.1) is 0 Å². The number of amides is 1. The van der Waals surface area contributed by atoms with Crippen LogP contribution < -0.4 is 5.32 Å². The number of nitrogens with one attached hydrogen (secondary N) is 1. The Bertz CT molecular complexity index is 819. The molecule has 136 valence electrons. The standard InChI is InChI=1S/C20H19Cl2NO3/c1-13(16-8-7-15(21)11-17(16)22)23-18(24)12-26-19(25)20(9-10-20)14-5-3-2-4-6-14/h2-8,11,13H,9-10,12H2,1H3,(H,23,24)/t13-/m0/s1. The molecule has 1 fully saturated rings. The van der Waals surface area contributed by atoms with Crippen LogP contribution in [-0.4, -0.2) is 18.5 Å². The summed E-state index contributed by atoms with van der Waals surface area (Å²) in [6.45, 7) is 1.49. The molecule has 1 atom stereocenters. The van der Waals surface area contributed by atoms with E-state index in [9.17, 15) is 9.59 Å². The maximum absolute atomic E-state index is 12.4. The van der Waals surface area contributed by atoms with E-state index in [2.05, 4.69) is 5.32 Å². The minimum Gasteiger partial charge on any atom is -0.455 e. The predicted octanol–water partition coefficient (Wildman–Crippen LogP) is 4.45. The Morgan fingerprint density at radius 1 is 1.15 bits per heavy atom. The second kappa shape index (κ2) is 7.68. The van der Waals surface area contributed by atoms with Gasteiger partial charge in [-0.3, -0.25) is 9.59 Å².